The summed E-state index contributed by atoms with van der Waals surface area (Å²) in [7, 11) is 0. The zero-order valence-corrected chi connectivity index (χ0v) is 16.3. The minimum atomic E-state index is -0.626. The highest BCUT2D eigenvalue weighted by molar-refractivity contribution is 6.31. The van der Waals surface area contributed by atoms with E-state index < -0.39 is 30.3 Å². The molecule has 1 heterocycles. The third-order valence-electron chi connectivity index (χ3n) is 4.40. The first kappa shape index (κ1) is 20.5. The summed E-state index contributed by atoms with van der Waals surface area (Å²) in [5, 5.41) is 2.34. The molecule has 0 aliphatic carbocycles. The van der Waals surface area contributed by atoms with Crippen molar-refractivity contribution < 1.29 is 23.5 Å². The topological polar surface area (TPSA) is 75.7 Å². The molecule has 2 aromatic rings. The number of anilines is 1. The molecular weight excluding hydrogens is 399 g/mol. The zero-order chi connectivity index (χ0) is 21.0. The van der Waals surface area contributed by atoms with Crippen molar-refractivity contribution in [2.75, 3.05) is 11.9 Å². The maximum absolute atomic E-state index is 13.2. The Hall–Kier alpha value is -3.19. The van der Waals surface area contributed by atoms with Crippen molar-refractivity contribution in [3.05, 3.63) is 70.6 Å². The Morgan fingerprint density at radius 1 is 1.21 bits per heavy atom. The number of hydrogen-bond donors (Lipinski definition) is 1. The van der Waals surface area contributed by atoms with Crippen molar-refractivity contribution in [1.29, 1.82) is 0 Å². The van der Waals surface area contributed by atoms with Crippen LogP contribution in [-0.4, -0.2) is 29.3 Å². The summed E-state index contributed by atoms with van der Waals surface area (Å²) in [4.78, 5) is 37.7. The van der Waals surface area contributed by atoms with E-state index in [9.17, 15) is 18.8 Å². The number of amides is 2. The van der Waals surface area contributed by atoms with Crippen LogP contribution in [0.2, 0.25) is 5.02 Å². The summed E-state index contributed by atoms with van der Waals surface area (Å²) in [5.41, 5.74) is 2.02. The molecule has 0 saturated heterocycles. The Morgan fingerprint density at radius 3 is 2.69 bits per heavy atom. The Kier molecular flexibility index (Phi) is 6.29. The maximum atomic E-state index is 13.2. The number of carbonyl (C=O) groups is 3. The van der Waals surface area contributed by atoms with E-state index in [-0.39, 0.29) is 23.0 Å². The van der Waals surface area contributed by atoms with Crippen LogP contribution in [0, 0.1) is 5.82 Å². The summed E-state index contributed by atoms with van der Waals surface area (Å²) in [6.07, 6.45) is 3.34. The molecule has 2 amide bonds. The minimum absolute atomic E-state index is 0.101. The van der Waals surface area contributed by atoms with Crippen molar-refractivity contribution in [1.82, 2.24) is 4.90 Å². The molecule has 3 rings (SSSR count). The quantitative estimate of drug-likeness (QED) is 0.749. The number of esters is 1. The van der Waals surface area contributed by atoms with Crippen LogP contribution >= 0.6 is 11.6 Å². The van der Waals surface area contributed by atoms with Crippen LogP contribution in [-0.2, 0) is 19.1 Å². The molecule has 1 N–H and O–H groups in total. The summed E-state index contributed by atoms with van der Waals surface area (Å²) < 4.78 is 18.2. The molecule has 1 aliphatic rings. The molecule has 1 aliphatic heterocycles. The summed E-state index contributed by atoms with van der Waals surface area (Å²) in [5.74, 6) is -2.03. The maximum Gasteiger partial charge on any atom is 0.308 e. The number of halogens is 2. The molecule has 0 bridgehead atoms. The van der Waals surface area contributed by atoms with Crippen LogP contribution in [0.5, 0.6) is 0 Å². The van der Waals surface area contributed by atoms with E-state index in [4.69, 9.17) is 16.3 Å². The first-order valence-electron chi connectivity index (χ1n) is 8.81. The molecule has 0 fully saturated rings. The standard InChI is InChI=1S/C21H18ClFN2O4/c1-13(26)25-9-8-14-4-2-3-5-16(14)19(25)11-21(28)29-12-20(27)24-15-6-7-18(23)17(22)10-15/h2-10,19H,11-12H2,1H3,(H,24,27)/t19-/m0/s1. The van der Waals surface area contributed by atoms with E-state index in [1.165, 1.54) is 24.0 Å². The van der Waals surface area contributed by atoms with E-state index in [0.717, 1.165) is 17.2 Å². The SMILES string of the molecule is CC(=O)N1C=Cc2ccccc2[C@@H]1CC(=O)OCC(=O)Nc1ccc(F)c(Cl)c1. The van der Waals surface area contributed by atoms with E-state index >= 15 is 0 Å². The Bertz CT molecular complexity index is 992. The Labute approximate surface area is 171 Å². The van der Waals surface area contributed by atoms with Crippen LogP contribution in [0.25, 0.3) is 6.08 Å². The largest absolute Gasteiger partial charge is 0.455 e. The van der Waals surface area contributed by atoms with Gasteiger partial charge in [-0.2, -0.15) is 0 Å². The van der Waals surface area contributed by atoms with Gasteiger partial charge in [-0.1, -0.05) is 35.9 Å². The lowest BCUT2D eigenvalue weighted by Crippen LogP contribution is -2.33. The molecular formula is C21H18ClFN2O4. The monoisotopic (exact) mass is 416 g/mol. The van der Waals surface area contributed by atoms with Gasteiger partial charge in [0.15, 0.2) is 6.61 Å². The van der Waals surface area contributed by atoms with Crippen molar-refractivity contribution >= 4 is 41.1 Å². The number of fused-ring (bicyclic) bond motifs is 1. The number of benzene rings is 2. The third kappa shape index (κ3) is 5.00. The van der Waals surface area contributed by atoms with Crippen molar-refractivity contribution in [2.45, 2.75) is 19.4 Å². The average molecular weight is 417 g/mol. The second-order valence-electron chi connectivity index (χ2n) is 6.43. The smallest absolute Gasteiger partial charge is 0.308 e. The van der Waals surface area contributed by atoms with Crippen molar-refractivity contribution in [3.8, 4) is 0 Å². The summed E-state index contributed by atoms with van der Waals surface area (Å²) >= 11 is 5.66. The first-order valence-corrected chi connectivity index (χ1v) is 9.19. The summed E-state index contributed by atoms with van der Waals surface area (Å²) in [6.45, 7) is 0.899. The lowest BCUT2D eigenvalue weighted by atomic mass is 9.94. The molecule has 0 saturated carbocycles. The fraction of sp³-hybridized carbons (Fsp3) is 0.190. The summed E-state index contributed by atoms with van der Waals surface area (Å²) in [6, 6.07) is 10.6. The normalized spacial score (nSPS) is 14.9. The molecule has 150 valence electrons. The minimum Gasteiger partial charge on any atom is -0.455 e. The molecule has 8 heteroatoms. The number of ether oxygens (including phenoxy) is 1. The Morgan fingerprint density at radius 2 is 1.97 bits per heavy atom. The fourth-order valence-electron chi connectivity index (χ4n) is 3.05. The van der Waals surface area contributed by atoms with E-state index in [2.05, 4.69) is 5.32 Å². The van der Waals surface area contributed by atoms with Crippen LogP contribution in [0.15, 0.2) is 48.7 Å². The van der Waals surface area contributed by atoms with Gasteiger partial charge in [0.25, 0.3) is 5.91 Å². The second-order valence-corrected chi connectivity index (χ2v) is 6.84. The molecule has 0 radical (unpaired) electrons. The molecule has 0 spiro atoms. The van der Waals surface area contributed by atoms with Gasteiger partial charge in [0.2, 0.25) is 5.91 Å². The fourth-order valence-corrected chi connectivity index (χ4v) is 3.23. The van der Waals surface area contributed by atoms with Gasteiger partial charge < -0.3 is 15.0 Å². The van der Waals surface area contributed by atoms with Gasteiger partial charge in [0.05, 0.1) is 17.5 Å². The van der Waals surface area contributed by atoms with Crippen LogP contribution < -0.4 is 5.32 Å². The molecule has 2 aromatic carbocycles. The zero-order valence-electron chi connectivity index (χ0n) is 15.5. The number of hydrogen-bond acceptors (Lipinski definition) is 4. The molecule has 0 aromatic heterocycles. The van der Waals surface area contributed by atoms with Gasteiger partial charge in [-0.3, -0.25) is 14.4 Å². The van der Waals surface area contributed by atoms with Gasteiger partial charge in [0.1, 0.15) is 5.82 Å². The van der Waals surface area contributed by atoms with Crippen molar-refractivity contribution in [3.63, 3.8) is 0 Å². The molecule has 29 heavy (non-hydrogen) atoms. The van der Waals surface area contributed by atoms with E-state index in [0.29, 0.717) is 0 Å². The highest BCUT2D eigenvalue weighted by Crippen LogP contribution is 2.33. The van der Waals surface area contributed by atoms with Gasteiger partial charge in [-0.25, -0.2) is 4.39 Å². The highest BCUT2D eigenvalue weighted by Gasteiger charge is 2.28. The van der Waals surface area contributed by atoms with Gasteiger partial charge in [-0.15, -0.1) is 0 Å². The highest BCUT2D eigenvalue weighted by atomic mass is 35.5. The second kappa shape index (κ2) is 8.87. The predicted octanol–water partition coefficient (Wildman–Crippen LogP) is 3.93. The van der Waals surface area contributed by atoms with E-state index in [1.54, 1.807) is 12.3 Å². The number of nitrogens with zero attached hydrogens (tertiary/aromatic N) is 1. The lowest BCUT2D eigenvalue weighted by molar-refractivity contribution is -0.149. The number of rotatable bonds is 5. The van der Waals surface area contributed by atoms with Crippen LogP contribution in [0.1, 0.15) is 30.5 Å². The average Bonchev–Trinajstić information content (AvgIpc) is 2.69. The predicted molar refractivity (Wildman–Crippen MR) is 106 cm³/mol. The van der Waals surface area contributed by atoms with Crippen LogP contribution in [0.3, 0.4) is 0 Å². The first-order chi connectivity index (χ1) is 13.8. The molecule has 6 nitrogen and oxygen atoms in total. The van der Waals surface area contributed by atoms with Gasteiger partial charge in [0, 0.05) is 18.8 Å². The number of carbonyl (C=O) groups excluding carboxylic acids is 3. The Balaban J connectivity index is 1.60. The lowest BCUT2D eigenvalue weighted by Gasteiger charge is -2.32. The number of nitrogens with one attached hydrogen (secondary N) is 1. The van der Waals surface area contributed by atoms with Crippen molar-refractivity contribution in [2.24, 2.45) is 0 Å². The molecule has 1 atom stereocenters. The van der Waals surface area contributed by atoms with Crippen LogP contribution in [0.4, 0.5) is 10.1 Å². The third-order valence-corrected chi connectivity index (χ3v) is 4.69. The molecule has 0 unspecified atom stereocenters. The van der Waals surface area contributed by atoms with Gasteiger partial charge >= 0.3 is 5.97 Å². The van der Waals surface area contributed by atoms with Gasteiger partial charge in [-0.05, 0) is 35.4 Å². The van der Waals surface area contributed by atoms with E-state index in [1.807, 2.05) is 24.3 Å².